The number of nitrogens with one attached hydrogen (secondary N) is 1. The van der Waals surface area contributed by atoms with Gasteiger partial charge in [0.2, 0.25) is 0 Å². The van der Waals surface area contributed by atoms with Crippen LogP contribution in [-0.4, -0.2) is 59.9 Å². The number of hydrogen-bond donors (Lipinski definition) is 1. The highest BCUT2D eigenvalue weighted by Gasteiger charge is 2.35. The van der Waals surface area contributed by atoms with Crippen LogP contribution in [0.3, 0.4) is 0 Å². The lowest BCUT2D eigenvalue weighted by Crippen LogP contribution is -2.46. The normalized spacial score (nSPS) is 18.8. The summed E-state index contributed by atoms with van der Waals surface area (Å²) in [7, 11) is 0. The molecule has 2 saturated heterocycles. The van der Waals surface area contributed by atoms with Crippen molar-refractivity contribution in [3.05, 3.63) is 54.5 Å². The van der Waals surface area contributed by atoms with E-state index in [2.05, 4.69) is 43.3 Å². The van der Waals surface area contributed by atoms with E-state index in [0.717, 1.165) is 54.3 Å². The van der Waals surface area contributed by atoms with Crippen molar-refractivity contribution in [2.45, 2.75) is 25.3 Å². The number of pyridine rings is 1. The lowest BCUT2D eigenvalue weighted by atomic mass is 9.95. The Hall–Kier alpha value is -3.42. The summed E-state index contributed by atoms with van der Waals surface area (Å²) in [5, 5.41) is 4.08. The molecular formula is C23H26N6O2. The van der Waals surface area contributed by atoms with Gasteiger partial charge in [-0.05, 0) is 31.5 Å². The molecule has 31 heavy (non-hydrogen) atoms. The smallest absolute Gasteiger partial charge is 0.407 e. The summed E-state index contributed by atoms with van der Waals surface area (Å²) < 4.78 is 5.01. The molecule has 0 aliphatic carbocycles. The number of hydrogen-bond acceptors (Lipinski definition) is 7. The second-order valence-corrected chi connectivity index (χ2v) is 8.03. The molecule has 2 fully saturated rings. The van der Waals surface area contributed by atoms with E-state index in [1.165, 1.54) is 0 Å². The number of aromatic nitrogens is 3. The number of fused-ring (bicyclic) bond motifs is 1. The molecule has 0 spiro atoms. The first-order valence-electron chi connectivity index (χ1n) is 10.8. The zero-order chi connectivity index (χ0) is 21.2. The molecule has 160 valence electrons. The molecular weight excluding hydrogens is 392 g/mol. The van der Waals surface area contributed by atoms with Crippen LogP contribution >= 0.6 is 0 Å². The van der Waals surface area contributed by atoms with Gasteiger partial charge in [-0.3, -0.25) is 4.98 Å². The number of ether oxygens (including phenoxy) is 1. The average Bonchev–Trinajstić information content (AvgIpc) is 3.21. The molecule has 0 unspecified atom stereocenters. The van der Waals surface area contributed by atoms with Gasteiger partial charge in [0.1, 0.15) is 5.82 Å². The summed E-state index contributed by atoms with van der Waals surface area (Å²) in [6.45, 7) is 5.48. The fourth-order valence-corrected chi connectivity index (χ4v) is 4.35. The minimum absolute atomic E-state index is 0.0635. The third kappa shape index (κ3) is 3.97. The van der Waals surface area contributed by atoms with Gasteiger partial charge >= 0.3 is 6.09 Å². The van der Waals surface area contributed by atoms with Crippen LogP contribution < -0.4 is 15.1 Å². The number of carbonyl (C=O) groups excluding carboxylic acids is 1. The molecule has 1 N–H and O–H groups in total. The van der Waals surface area contributed by atoms with E-state index in [9.17, 15) is 4.79 Å². The van der Waals surface area contributed by atoms with E-state index in [0.29, 0.717) is 19.1 Å². The lowest BCUT2D eigenvalue weighted by Gasteiger charge is -2.40. The van der Waals surface area contributed by atoms with Crippen molar-refractivity contribution >= 4 is 28.6 Å². The van der Waals surface area contributed by atoms with Crippen LogP contribution in [0.15, 0.2) is 48.8 Å². The Bertz CT molecular complexity index is 1080. The number of nitrogens with zero attached hydrogens (tertiary/aromatic N) is 5. The van der Waals surface area contributed by atoms with Gasteiger partial charge in [-0.2, -0.15) is 0 Å². The maximum atomic E-state index is 11.7. The number of amides is 1. The molecule has 3 aromatic rings. The molecule has 1 aromatic carbocycles. The van der Waals surface area contributed by atoms with Crippen molar-refractivity contribution < 1.29 is 9.53 Å². The molecule has 8 heteroatoms. The maximum absolute atomic E-state index is 11.7. The molecule has 1 atom stereocenters. The summed E-state index contributed by atoms with van der Waals surface area (Å²) in [6, 6.07) is 12.5. The lowest BCUT2D eigenvalue weighted by molar-refractivity contribution is 0.149. The molecule has 4 heterocycles. The van der Waals surface area contributed by atoms with E-state index in [1.54, 1.807) is 12.4 Å². The summed E-state index contributed by atoms with van der Waals surface area (Å²) in [5.41, 5.74) is 2.04. The highest BCUT2D eigenvalue weighted by molar-refractivity contribution is 5.80. The minimum atomic E-state index is -0.355. The highest BCUT2D eigenvalue weighted by Crippen LogP contribution is 2.35. The second-order valence-electron chi connectivity index (χ2n) is 8.03. The van der Waals surface area contributed by atoms with Crippen molar-refractivity contribution in [2.24, 2.45) is 0 Å². The van der Waals surface area contributed by atoms with Gasteiger partial charge in [0.25, 0.3) is 0 Å². The van der Waals surface area contributed by atoms with Crippen LogP contribution in [0.25, 0.3) is 10.9 Å². The van der Waals surface area contributed by atoms with Gasteiger partial charge in [-0.15, -0.1) is 0 Å². The summed E-state index contributed by atoms with van der Waals surface area (Å²) in [6.07, 6.45) is 4.02. The van der Waals surface area contributed by atoms with Crippen molar-refractivity contribution in [2.75, 3.05) is 42.6 Å². The second kappa shape index (κ2) is 8.37. The number of anilines is 2. The van der Waals surface area contributed by atoms with Crippen molar-refractivity contribution in [1.29, 1.82) is 0 Å². The summed E-state index contributed by atoms with van der Waals surface area (Å²) >= 11 is 0. The fraction of sp³-hybridized carbons (Fsp3) is 0.391. The van der Waals surface area contributed by atoms with Crippen LogP contribution in [0.2, 0.25) is 0 Å². The topological polar surface area (TPSA) is 83.5 Å². The molecule has 1 amide bonds. The Kier molecular flexibility index (Phi) is 5.28. The standard InChI is InChI=1S/C23H26N6O2/c1-2-31-23(30)26-18-9-12-28(15-18)22-21(24-10-11-25-22)17-13-29(14-17)20-8-7-16-5-3-4-6-19(16)27-20/h3-8,10-11,17-18H,2,9,12-15H2,1H3,(H,26,30)/t18-/m1/s1. The molecule has 8 nitrogen and oxygen atoms in total. The Morgan fingerprint density at radius 3 is 2.81 bits per heavy atom. The van der Waals surface area contributed by atoms with Gasteiger partial charge < -0.3 is 19.9 Å². The maximum Gasteiger partial charge on any atom is 0.407 e. The van der Waals surface area contributed by atoms with Crippen LogP contribution in [0, 0.1) is 0 Å². The van der Waals surface area contributed by atoms with Crippen LogP contribution in [0.5, 0.6) is 0 Å². The van der Waals surface area contributed by atoms with Gasteiger partial charge in [-0.25, -0.2) is 14.8 Å². The van der Waals surface area contributed by atoms with Crippen molar-refractivity contribution in [3.8, 4) is 0 Å². The average molecular weight is 419 g/mol. The molecule has 2 aliphatic rings. The first-order valence-corrected chi connectivity index (χ1v) is 10.8. The van der Waals surface area contributed by atoms with Gasteiger partial charge in [0.15, 0.2) is 5.82 Å². The zero-order valence-corrected chi connectivity index (χ0v) is 17.6. The highest BCUT2D eigenvalue weighted by atomic mass is 16.5. The first-order chi connectivity index (χ1) is 15.2. The number of carbonyl (C=O) groups is 1. The van der Waals surface area contributed by atoms with Crippen molar-refractivity contribution in [3.63, 3.8) is 0 Å². The Labute approximate surface area is 181 Å². The van der Waals surface area contributed by atoms with E-state index < -0.39 is 0 Å². The first kappa shape index (κ1) is 19.5. The summed E-state index contributed by atoms with van der Waals surface area (Å²) in [5.74, 6) is 2.24. The number of alkyl carbamates (subject to hydrolysis) is 1. The number of rotatable bonds is 5. The zero-order valence-electron chi connectivity index (χ0n) is 17.6. The fourth-order valence-electron chi connectivity index (χ4n) is 4.35. The monoisotopic (exact) mass is 418 g/mol. The Morgan fingerprint density at radius 2 is 1.94 bits per heavy atom. The molecule has 5 rings (SSSR count). The molecule has 2 aliphatic heterocycles. The molecule has 2 aromatic heterocycles. The van der Waals surface area contributed by atoms with Gasteiger partial charge in [0, 0.05) is 49.9 Å². The number of para-hydroxylation sites is 1. The predicted octanol–water partition coefficient (Wildman–Crippen LogP) is 2.95. The van der Waals surface area contributed by atoms with Crippen LogP contribution in [0.1, 0.15) is 25.0 Å². The predicted molar refractivity (Wildman–Crippen MR) is 120 cm³/mol. The van der Waals surface area contributed by atoms with Gasteiger partial charge in [0.05, 0.1) is 23.9 Å². The van der Waals surface area contributed by atoms with E-state index >= 15 is 0 Å². The SMILES string of the molecule is CCOC(=O)N[C@@H]1CCN(c2nccnc2C2CN(c3ccc4ccccc4n3)C2)C1. The third-order valence-electron chi connectivity index (χ3n) is 5.97. The Balaban J connectivity index is 1.26. The van der Waals surface area contributed by atoms with Crippen LogP contribution in [0.4, 0.5) is 16.4 Å². The van der Waals surface area contributed by atoms with Crippen LogP contribution in [-0.2, 0) is 4.74 Å². The Morgan fingerprint density at radius 1 is 1.10 bits per heavy atom. The third-order valence-corrected chi connectivity index (χ3v) is 5.97. The van der Waals surface area contributed by atoms with Gasteiger partial charge in [-0.1, -0.05) is 18.2 Å². The molecule has 0 saturated carbocycles. The van der Waals surface area contributed by atoms with E-state index in [4.69, 9.17) is 9.72 Å². The molecule has 0 bridgehead atoms. The minimum Gasteiger partial charge on any atom is -0.450 e. The largest absolute Gasteiger partial charge is 0.450 e. The summed E-state index contributed by atoms with van der Waals surface area (Å²) in [4.78, 5) is 30.4. The van der Waals surface area contributed by atoms with E-state index in [1.807, 2.05) is 25.1 Å². The van der Waals surface area contributed by atoms with E-state index in [-0.39, 0.29) is 12.1 Å². The quantitative estimate of drug-likeness (QED) is 0.682. The molecule has 0 radical (unpaired) electrons. The number of benzene rings is 1. The van der Waals surface area contributed by atoms with Crippen molar-refractivity contribution in [1.82, 2.24) is 20.3 Å².